The van der Waals surface area contributed by atoms with E-state index < -0.39 is 5.97 Å². The summed E-state index contributed by atoms with van der Waals surface area (Å²) >= 11 is 0. The van der Waals surface area contributed by atoms with Crippen LogP contribution in [0.5, 0.6) is 11.5 Å². The zero-order valence-electron chi connectivity index (χ0n) is 18.6. The van der Waals surface area contributed by atoms with Crippen LogP contribution in [0.1, 0.15) is 45.4 Å². The first-order chi connectivity index (χ1) is 15.0. The van der Waals surface area contributed by atoms with Gasteiger partial charge >= 0.3 is 5.97 Å². The second-order valence-electron chi connectivity index (χ2n) is 7.41. The predicted molar refractivity (Wildman–Crippen MR) is 121 cm³/mol. The third-order valence-corrected chi connectivity index (χ3v) is 5.51. The molecular weight excluding hydrogens is 392 g/mol. The van der Waals surface area contributed by atoms with Gasteiger partial charge < -0.3 is 24.5 Å². The topological polar surface area (TPSA) is 72.7 Å². The summed E-state index contributed by atoms with van der Waals surface area (Å²) in [5.74, 6) is 0.745. The molecule has 0 aliphatic rings. The molecule has 0 aliphatic carbocycles. The minimum Gasteiger partial charge on any atom is -0.497 e. The summed E-state index contributed by atoms with van der Waals surface area (Å²) in [5.41, 5.74) is 5.03. The first-order valence-electron chi connectivity index (χ1n) is 10.4. The number of ether oxygens (including phenoxy) is 2. The van der Waals surface area contributed by atoms with E-state index in [1.807, 2.05) is 69.3 Å². The highest BCUT2D eigenvalue weighted by Gasteiger charge is 2.22. The molecule has 3 rings (SSSR count). The molecule has 3 aromatic rings. The van der Waals surface area contributed by atoms with Gasteiger partial charge in [0.25, 0.3) is 0 Å². The first-order valence-corrected chi connectivity index (χ1v) is 10.4. The van der Waals surface area contributed by atoms with E-state index >= 15 is 0 Å². The zero-order chi connectivity index (χ0) is 22.4. The van der Waals surface area contributed by atoms with Crippen LogP contribution in [0.3, 0.4) is 0 Å². The average Bonchev–Trinajstić information content (AvgIpc) is 3.00. The van der Waals surface area contributed by atoms with Crippen molar-refractivity contribution in [3.63, 3.8) is 0 Å². The standard InChI is InChI=1S/C25H30N2O4/c1-5-31-23-9-7-6-8-20(23)14-26-15-22-17(2)27(18(3)24(22)25(28)29)16-19-10-12-21(30-4)13-11-19/h6-13,26H,5,14-16H2,1-4H3,(H,28,29). The number of carboxylic acids is 1. The summed E-state index contributed by atoms with van der Waals surface area (Å²) in [5, 5.41) is 13.3. The van der Waals surface area contributed by atoms with Gasteiger partial charge in [-0.3, -0.25) is 0 Å². The summed E-state index contributed by atoms with van der Waals surface area (Å²) in [6.45, 7) is 8.08. The molecule has 0 amide bonds. The van der Waals surface area contributed by atoms with Crippen LogP contribution in [0.4, 0.5) is 0 Å². The fourth-order valence-electron chi connectivity index (χ4n) is 3.87. The Balaban J connectivity index is 1.81. The number of hydrogen-bond acceptors (Lipinski definition) is 4. The molecule has 6 heteroatoms. The van der Waals surface area contributed by atoms with E-state index in [0.29, 0.717) is 31.8 Å². The normalized spacial score (nSPS) is 10.8. The Bertz CT molecular complexity index is 1040. The number of nitrogens with zero attached hydrogens (tertiary/aromatic N) is 1. The fraction of sp³-hybridized carbons (Fsp3) is 0.320. The third-order valence-electron chi connectivity index (χ3n) is 5.51. The number of rotatable bonds is 10. The van der Waals surface area contributed by atoms with E-state index in [4.69, 9.17) is 9.47 Å². The Labute approximate surface area is 183 Å². The highest BCUT2D eigenvalue weighted by atomic mass is 16.5. The molecule has 0 spiro atoms. The largest absolute Gasteiger partial charge is 0.497 e. The molecule has 31 heavy (non-hydrogen) atoms. The molecule has 0 saturated heterocycles. The van der Waals surface area contributed by atoms with Crippen molar-refractivity contribution < 1.29 is 19.4 Å². The minimum atomic E-state index is -0.902. The Morgan fingerprint density at radius 2 is 1.74 bits per heavy atom. The number of methoxy groups -OCH3 is 1. The predicted octanol–water partition coefficient (Wildman–Crippen LogP) is 4.55. The number of carboxylic acid groups (broad SMARTS) is 1. The van der Waals surface area contributed by atoms with E-state index in [1.54, 1.807) is 7.11 Å². The van der Waals surface area contributed by atoms with Crippen molar-refractivity contribution in [3.05, 3.63) is 82.2 Å². The lowest BCUT2D eigenvalue weighted by Gasteiger charge is -2.12. The number of hydrogen-bond donors (Lipinski definition) is 2. The number of nitrogens with one attached hydrogen (secondary N) is 1. The van der Waals surface area contributed by atoms with Crippen LogP contribution >= 0.6 is 0 Å². The van der Waals surface area contributed by atoms with E-state index in [-0.39, 0.29) is 0 Å². The maximum absolute atomic E-state index is 12.0. The lowest BCUT2D eigenvalue weighted by Crippen LogP contribution is -2.16. The minimum absolute atomic E-state index is 0.372. The van der Waals surface area contributed by atoms with E-state index in [1.165, 1.54) is 0 Å². The van der Waals surface area contributed by atoms with Gasteiger partial charge in [0.05, 0.1) is 19.3 Å². The maximum atomic E-state index is 12.0. The summed E-state index contributed by atoms with van der Waals surface area (Å²) in [4.78, 5) is 12.0. The van der Waals surface area contributed by atoms with Crippen molar-refractivity contribution >= 4 is 5.97 Å². The Morgan fingerprint density at radius 1 is 1.03 bits per heavy atom. The van der Waals surface area contributed by atoms with Crippen LogP contribution < -0.4 is 14.8 Å². The molecule has 2 N–H and O–H groups in total. The van der Waals surface area contributed by atoms with Gasteiger partial charge in [0.15, 0.2) is 0 Å². The first kappa shape index (κ1) is 22.4. The van der Waals surface area contributed by atoms with E-state index in [9.17, 15) is 9.90 Å². The van der Waals surface area contributed by atoms with Crippen LogP contribution in [0.2, 0.25) is 0 Å². The third kappa shape index (κ3) is 5.09. The van der Waals surface area contributed by atoms with Crippen LogP contribution in [0, 0.1) is 13.8 Å². The van der Waals surface area contributed by atoms with Crippen molar-refractivity contribution in [2.24, 2.45) is 0 Å². The molecule has 1 heterocycles. The number of aromatic carboxylic acids is 1. The molecule has 0 bridgehead atoms. The number of para-hydroxylation sites is 1. The SMILES string of the molecule is CCOc1ccccc1CNCc1c(C(=O)O)c(C)n(Cc2ccc(OC)cc2)c1C. The second kappa shape index (κ2) is 10.2. The summed E-state index contributed by atoms with van der Waals surface area (Å²) in [6.07, 6.45) is 0. The lowest BCUT2D eigenvalue weighted by molar-refractivity contribution is 0.0694. The average molecular weight is 423 g/mol. The zero-order valence-corrected chi connectivity index (χ0v) is 18.6. The maximum Gasteiger partial charge on any atom is 0.337 e. The van der Waals surface area contributed by atoms with Gasteiger partial charge in [-0.15, -0.1) is 0 Å². The van der Waals surface area contributed by atoms with Crippen molar-refractivity contribution in [1.29, 1.82) is 0 Å². The number of benzene rings is 2. The highest BCUT2D eigenvalue weighted by Crippen LogP contribution is 2.25. The van der Waals surface area contributed by atoms with Gasteiger partial charge in [-0.2, -0.15) is 0 Å². The Hall–Kier alpha value is -3.25. The van der Waals surface area contributed by atoms with Crippen molar-refractivity contribution in [1.82, 2.24) is 9.88 Å². The van der Waals surface area contributed by atoms with Crippen LogP contribution in [0.15, 0.2) is 48.5 Å². The van der Waals surface area contributed by atoms with E-state index in [0.717, 1.165) is 39.6 Å². The summed E-state index contributed by atoms with van der Waals surface area (Å²) < 4.78 is 13.0. The molecule has 1 aromatic heterocycles. The summed E-state index contributed by atoms with van der Waals surface area (Å²) in [6, 6.07) is 15.7. The molecule has 0 aliphatic heterocycles. The molecule has 0 fully saturated rings. The van der Waals surface area contributed by atoms with Crippen LogP contribution in [-0.4, -0.2) is 29.4 Å². The van der Waals surface area contributed by atoms with Gasteiger partial charge in [0.2, 0.25) is 0 Å². The monoisotopic (exact) mass is 422 g/mol. The van der Waals surface area contributed by atoms with Gasteiger partial charge in [-0.1, -0.05) is 30.3 Å². The highest BCUT2D eigenvalue weighted by molar-refractivity contribution is 5.91. The number of aromatic nitrogens is 1. The molecular formula is C25H30N2O4. The molecule has 0 unspecified atom stereocenters. The van der Waals surface area contributed by atoms with Crippen molar-refractivity contribution in [2.75, 3.05) is 13.7 Å². The van der Waals surface area contributed by atoms with Gasteiger partial charge in [0.1, 0.15) is 11.5 Å². The van der Waals surface area contributed by atoms with Gasteiger partial charge in [-0.25, -0.2) is 4.79 Å². The van der Waals surface area contributed by atoms with Crippen molar-refractivity contribution in [2.45, 2.75) is 40.4 Å². The lowest BCUT2D eigenvalue weighted by atomic mass is 10.1. The van der Waals surface area contributed by atoms with Crippen LogP contribution in [-0.2, 0) is 19.6 Å². The molecule has 0 saturated carbocycles. The van der Waals surface area contributed by atoms with E-state index in [2.05, 4.69) is 9.88 Å². The Morgan fingerprint density at radius 3 is 2.39 bits per heavy atom. The van der Waals surface area contributed by atoms with Crippen molar-refractivity contribution in [3.8, 4) is 11.5 Å². The second-order valence-corrected chi connectivity index (χ2v) is 7.41. The molecule has 0 radical (unpaired) electrons. The van der Waals surface area contributed by atoms with Gasteiger partial charge in [-0.05, 0) is 44.5 Å². The summed E-state index contributed by atoms with van der Waals surface area (Å²) in [7, 11) is 1.64. The quantitative estimate of drug-likeness (QED) is 0.502. The fourth-order valence-corrected chi connectivity index (χ4v) is 3.87. The molecule has 6 nitrogen and oxygen atoms in total. The van der Waals surface area contributed by atoms with Gasteiger partial charge in [0, 0.05) is 42.1 Å². The Kier molecular flexibility index (Phi) is 7.36. The molecule has 0 atom stereocenters. The molecule has 164 valence electrons. The smallest absolute Gasteiger partial charge is 0.337 e. The number of carbonyl (C=O) groups is 1. The van der Waals surface area contributed by atoms with Crippen LogP contribution in [0.25, 0.3) is 0 Å². The molecule has 2 aromatic carbocycles.